The molecule has 0 aliphatic carbocycles. The highest BCUT2D eigenvalue weighted by Crippen LogP contribution is 2.35. The molecule has 1 aromatic heterocycles. The van der Waals surface area contributed by atoms with E-state index in [-0.39, 0.29) is 5.75 Å². The van der Waals surface area contributed by atoms with Crippen LogP contribution in [0.5, 0.6) is 11.5 Å². The summed E-state index contributed by atoms with van der Waals surface area (Å²) >= 11 is 0. The zero-order chi connectivity index (χ0) is 24.1. The van der Waals surface area contributed by atoms with Crippen LogP contribution >= 0.6 is 0 Å². The van der Waals surface area contributed by atoms with Crippen molar-refractivity contribution < 1.29 is 17.9 Å². The Bertz CT molecular complexity index is 1230. The van der Waals surface area contributed by atoms with Crippen LogP contribution in [0, 0.1) is 0 Å². The van der Waals surface area contributed by atoms with E-state index in [9.17, 15) is 8.42 Å². The van der Waals surface area contributed by atoms with Crippen molar-refractivity contribution in [1.29, 1.82) is 0 Å². The lowest BCUT2D eigenvalue weighted by Crippen LogP contribution is -2.44. The lowest BCUT2D eigenvalue weighted by Gasteiger charge is -2.32. The Morgan fingerprint density at radius 3 is 2.44 bits per heavy atom. The van der Waals surface area contributed by atoms with Crippen molar-refractivity contribution >= 4 is 20.9 Å². The Labute approximate surface area is 200 Å². The predicted octanol–water partition coefficient (Wildman–Crippen LogP) is 2.11. The highest BCUT2D eigenvalue weighted by atomic mass is 32.2. The summed E-state index contributed by atoms with van der Waals surface area (Å²) in [6.07, 6.45) is 2.45. The molecule has 3 aromatic rings. The van der Waals surface area contributed by atoms with Crippen molar-refractivity contribution in [1.82, 2.24) is 19.8 Å². The minimum atomic E-state index is -3.58. The molecule has 10 heteroatoms. The third-order valence-electron chi connectivity index (χ3n) is 5.99. The zero-order valence-corrected chi connectivity index (χ0v) is 20.4. The molecule has 1 saturated heterocycles. The molecule has 2 N–H and O–H groups in total. The number of piperazine rings is 1. The Morgan fingerprint density at radius 2 is 1.76 bits per heavy atom. The van der Waals surface area contributed by atoms with Crippen molar-refractivity contribution in [2.24, 2.45) is 5.14 Å². The van der Waals surface area contributed by atoms with Crippen LogP contribution in [0.1, 0.15) is 12.0 Å². The van der Waals surface area contributed by atoms with E-state index in [0.29, 0.717) is 23.7 Å². The van der Waals surface area contributed by atoms with Gasteiger partial charge in [0, 0.05) is 49.7 Å². The molecule has 0 atom stereocenters. The lowest BCUT2D eigenvalue weighted by atomic mass is 10.0. The summed E-state index contributed by atoms with van der Waals surface area (Å²) in [5.41, 5.74) is 2.93. The molecule has 4 rings (SSSR count). The standard InChI is InChI=1S/C24H31N5O4S/c1-28-9-11-29(12-10-28)8-3-13-33-23-15-21-20(14-22(23)32-2)24(27-17-26-21)19-6-4-18(5-7-19)16-34(25,30)31/h4-7,14-15,17H,3,8-13,16H2,1-2H3,(H2,25,30,31). The fourth-order valence-electron chi connectivity index (χ4n) is 4.10. The summed E-state index contributed by atoms with van der Waals surface area (Å²) in [6.45, 7) is 6.01. The molecular weight excluding hydrogens is 454 g/mol. The van der Waals surface area contributed by atoms with Crippen LogP contribution in [0.2, 0.25) is 0 Å². The Morgan fingerprint density at radius 1 is 1.03 bits per heavy atom. The molecule has 0 spiro atoms. The first-order valence-corrected chi connectivity index (χ1v) is 13.0. The summed E-state index contributed by atoms with van der Waals surface area (Å²) < 4.78 is 34.4. The van der Waals surface area contributed by atoms with Crippen LogP contribution in [-0.4, -0.2) is 81.7 Å². The number of benzene rings is 2. The van der Waals surface area contributed by atoms with Crippen LogP contribution in [0.15, 0.2) is 42.7 Å². The quantitative estimate of drug-likeness (QED) is 0.459. The topological polar surface area (TPSA) is 111 Å². The third-order valence-corrected chi connectivity index (χ3v) is 6.72. The number of nitrogens with zero attached hydrogens (tertiary/aromatic N) is 4. The highest BCUT2D eigenvalue weighted by Gasteiger charge is 2.15. The molecule has 0 bridgehead atoms. The highest BCUT2D eigenvalue weighted by molar-refractivity contribution is 7.88. The largest absolute Gasteiger partial charge is 0.493 e. The first kappa shape index (κ1) is 24.3. The number of hydrogen-bond acceptors (Lipinski definition) is 8. The third kappa shape index (κ3) is 6.20. The zero-order valence-electron chi connectivity index (χ0n) is 19.6. The molecule has 0 radical (unpaired) electrons. The smallest absolute Gasteiger partial charge is 0.213 e. The van der Waals surface area contributed by atoms with Gasteiger partial charge in [-0.25, -0.2) is 23.5 Å². The molecule has 2 heterocycles. The summed E-state index contributed by atoms with van der Waals surface area (Å²) in [4.78, 5) is 13.7. The van der Waals surface area contributed by atoms with Crippen molar-refractivity contribution in [3.63, 3.8) is 0 Å². The fourth-order valence-corrected chi connectivity index (χ4v) is 4.76. The van der Waals surface area contributed by atoms with Gasteiger partial charge in [-0.2, -0.15) is 0 Å². The molecule has 182 valence electrons. The SMILES string of the molecule is COc1cc2c(-c3ccc(CS(N)(=O)=O)cc3)ncnc2cc1OCCCN1CCN(C)CC1. The van der Waals surface area contributed by atoms with Crippen molar-refractivity contribution in [3.05, 3.63) is 48.3 Å². The van der Waals surface area contributed by atoms with Gasteiger partial charge in [-0.05, 0) is 25.1 Å². The molecule has 1 fully saturated rings. The molecule has 1 aliphatic rings. The maximum absolute atomic E-state index is 11.3. The number of ether oxygens (including phenoxy) is 2. The van der Waals surface area contributed by atoms with Crippen LogP contribution in [0.25, 0.3) is 22.2 Å². The van der Waals surface area contributed by atoms with Crippen LogP contribution in [0.4, 0.5) is 0 Å². The van der Waals surface area contributed by atoms with Gasteiger partial charge in [-0.1, -0.05) is 24.3 Å². The number of likely N-dealkylation sites (N-methyl/N-ethyl adjacent to an activating group) is 1. The number of sulfonamides is 1. The fraction of sp³-hybridized carbons (Fsp3) is 0.417. The lowest BCUT2D eigenvalue weighted by molar-refractivity contribution is 0.145. The van der Waals surface area contributed by atoms with Gasteiger partial charge in [0.2, 0.25) is 10.0 Å². The Balaban J connectivity index is 1.48. The van der Waals surface area contributed by atoms with E-state index >= 15 is 0 Å². The summed E-state index contributed by atoms with van der Waals surface area (Å²) in [5.74, 6) is 1.07. The van der Waals surface area contributed by atoms with Crippen molar-refractivity contribution in [3.8, 4) is 22.8 Å². The van der Waals surface area contributed by atoms with Crippen LogP contribution in [-0.2, 0) is 15.8 Å². The number of primary sulfonamides is 1. The van der Waals surface area contributed by atoms with E-state index in [2.05, 4.69) is 26.8 Å². The number of methoxy groups -OCH3 is 1. The van der Waals surface area contributed by atoms with Gasteiger partial charge in [0.25, 0.3) is 0 Å². The van der Waals surface area contributed by atoms with E-state index in [1.165, 1.54) is 6.33 Å². The van der Waals surface area contributed by atoms with Gasteiger partial charge in [0.05, 0.1) is 30.7 Å². The second-order valence-electron chi connectivity index (χ2n) is 8.59. The van der Waals surface area contributed by atoms with Gasteiger partial charge in [0.15, 0.2) is 11.5 Å². The summed E-state index contributed by atoms with van der Waals surface area (Å²) in [5, 5.41) is 5.97. The monoisotopic (exact) mass is 485 g/mol. The second-order valence-corrected chi connectivity index (χ2v) is 10.2. The number of hydrogen-bond donors (Lipinski definition) is 1. The van der Waals surface area contributed by atoms with Gasteiger partial charge in [-0.3, -0.25) is 0 Å². The molecule has 0 amide bonds. The predicted molar refractivity (Wildman–Crippen MR) is 132 cm³/mol. The van der Waals surface area contributed by atoms with E-state index in [4.69, 9.17) is 14.6 Å². The minimum Gasteiger partial charge on any atom is -0.493 e. The normalized spacial score (nSPS) is 15.5. The van der Waals surface area contributed by atoms with E-state index < -0.39 is 10.0 Å². The molecule has 1 aliphatic heterocycles. The van der Waals surface area contributed by atoms with Gasteiger partial charge in [-0.15, -0.1) is 0 Å². The maximum Gasteiger partial charge on any atom is 0.213 e. The van der Waals surface area contributed by atoms with Crippen LogP contribution in [0.3, 0.4) is 0 Å². The van der Waals surface area contributed by atoms with E-state index in [1.807, 2.05) is 24.3 Å². The molecule has 0 unspecified atom stereocenters. The number of rotatable bonds is 9. The Kier molecular flexibility index (Phi) is 7.62. The van der Waals surface area contributed by atoms with Crippen LogP contribution < -0.4 is 14.6 Å². The number of nitrogens with two attached hydrogens (primary N) is 1. The number of aromatic nitrogens is 2. The van der Waals surface area contributed by atoms with Crippen molar-refractivity contribution in [2.45, 2.75) is 12.2 Å². The van der Waals surface area contributed by atoms with Gasteiger partial charge >= 0.3 is 0 Å². The van der Waals surface area contributed by atoms with E-state index in [1.54, 1.807) is 19.2 Å². The summed E-state index contributed by atoms with van der Waals surface area (Å²) in [6, 6.07) is 10.9. The molecule has 9 nitrogen and oxygen atoms in total. The second kappa shape index (κ2) is 10.6. The average Bonchev–Trinajstić information content (AvgIpc) is 2.81. The number of fused-ring (bicyclic) bond motifs is 1. The first-order chi connectivity index (χ1) is 16.3. The molecule has 34 heavy (non-hydrogen) atoms. The Hall–Kier alpha value is -2.79. The van der Waals surface area contributed by atoms with Crippen molar-refractivity contribution in [2.75, 3.05) is 53.5 Å². The van der Waals surface area contributed by atoms with Gasteiger partial charge < -0.3 is 19.3 Å². The molecule has 0 saturated carbocycles. The van der Waals surface area contributed by atoms with Gasteiger partial charge in [0.1, 0.15) is 6.33 Å². The minimum absolute atomic E-state index is 0.207. The maximum atomic E-state index is 11.3. The average molecular weight is 486 g/mol. The molecular formula is C24H31N5O4S. The molecule has 2 aromatic carbocycles. The summed E-state index contributed by atoms with van der Waals surface area (Å²) in [7, 11) is 0.190. The van der Waals surface area contributed by atoms with E-state index in [0.717, 1.165) is 61.3 Å². The first-order valence-electron chi connectivity index (χ1n) is 11.3.